The van der Waals surface area contributed by atoms with Crippen molar-refractivity contribution >= 4 is 9.84 Å². The summed E-state index contributed by atoms with van der Waals surface area (Å²) < 4.78 is 30.4. The normalized spacial score (nSPS) is 11.8. The largest absolute Gasteiger partial charge is 0.354 e. The fraction of sp³-hybridized carbons (Fsp3) is 0.240. The molecule has 1 N–H and O–H groups in total. The van der Waals surface area contributed by atoms with Gasteiger partial charge in [0, 0.05) is 26.6 Å². The van der Waals surface area contributed by atoms with E-state index in [1.165, 1.54) is 5.56 Å². The fourth-order valence-corrected chi connectivity index (χ4v) is 4.49. The van der Waals surface area contributed by atoms with Gasteiger partial charge in [-0.3, -0.25) is 4.98 Å². The van der Waals surface area contributed by atoms with Gasteiger partial charge in [-0.05, 0) is 45.5 Å². The summed E-state index contributed by atoms with van der Waals surface area (Å²) in [7, 11) is -1.41. The zero-order chi connectivity index (χ0) is 23.6. The minimum absolute atomic E-state index is 0. The van der Waals surface area contributed by atoms with E-state index in [9.17, 15) is 8.42 Å². The van der Waals surface area contributed by atoms with Gasteiger partial charge >= 0.3 is 0 Å². The Morgan fingerprint density at radius 3 is 2.27 bits per heavy atom. The van der Waals surface area contributed by atoms with Crippen molar-refractivity contribution in [1.29, 1.82) is 0 Å². The van der Waals surface area contributed by atoms with Gasteiger partial charge in [0.25, 0.3) is 0 Å². The van der Waals surface area contributed by atoms with Crippen molar-refractivity contribution in [2.45, 2.75) is 37.5 Å². The SMILES string of the molecule is CNCc1ccc(-c2cc(-c3nc(-c4ccc(S(=O)(=O)C(C)C)cc4)cnc3C)on2)cc1.[HH].[HH]. The van der Waals surface area contributed by atoms with Gasteiger partial charge in [-0.2, -0.15) is 0 Å². The molecule has 0 spiro atoms. The zero-order valence-electron chi connectivity index (χ0n) is 19.0. The van der Waals surface area contributed by atoms with Crippen molar-refractivity contribution in [2.24, 2.45) is 0 Å². The van der Waals surface area contributed by atoms with E-state index in [0.717, 1.165) is 23.4 Å². The summed E-state index contributed by atoms with van der Waals surface area (Å²) in [4.78, 5) is 9.49. The molecule has 0 atom stereocenters. The molecular weight excluding hydrogens is 436 g/mol. The summed E-state index contributed by atoms with van der Waals surface area (Å²) >= 11 is 0. The second-order valence-corrected chi connectivity index (χ2v) is 10.6. The first-order valence-corrected chi connectivity index (χ1v) is 12.2. The van der Waals surface area contributed by atoms with Crippen LogP contribution in [0, 0.1) is 6.92 Å². The Balaban J connectivity index is 0.00000216. The molecule has 0 bridgehead atoms. The summed E-state index contributed by atoms with van der Waals surface area (Å²) in [5, 5.41) is 6.86. The van der Waals surface area contributed by atoms with Crippen LogP contribution < -0.4 is 5.32 Å². The summed E-state index contributed by atoms with van der Waals surface area (Å²) in [5.41, 5.74) is 5.56. The van der Waals surface area contributed by atoms with Gasteiger partial charge in [0.1, 0.15) is 11.4 Å². The van der Waals surface area contributed by atoms with Crippen LogP contribution >= 0.6 is 0 Å². The number of hydrogen-bond donors (Lipinski definition) is 1. The number of aryl methyl sites for hydroxylation is 1. The van der Waals surface area contributed by atoms with Crippen molar-refractivity contribution in [1.82, 2.24) is 20.4 Å². The fourth-order valence-electron chi connectivity index (χ4n) is 3.43. The number of rotatable bonds is 7. The second kappa shape index (κ2) is 9.25. The summed E-state index contributed by atoms with van der Waals surface area (Å²) in [6.07, 6.45) is 1.67. The van der Waals surface area contributed by atoms with Crippen LogP contribution in [0.2, 0.25) is 0 Å². The van der Waals surface area contributed by atoms with Crippen LogP contribution in [0.4, 0.5) is 0 Å². The quantitative estimate of drug-likeness (QED) is 0.401. The van der Waals surface area contributed by atoms with Crippen LogP contribution in [-0.4, -0.2) is 35.8 Å². The van der Waals surface area contributed by atoms with E-state index in [-0.39, 0.29) is 2.85 Å². The third-order valence-corrected chi connectivity index (χ3v) is 7.60. The molecule has 0 saturated heterocycles. The van der Waals surface area contributed by atoms with E-state index in [2.05, 4.69) is 27.6 Å². The highest BCUT2D eigenvalue weighted by molar-refractivity contribution is 7.92. The van der Waals surface area contributed by atoms with Crippen molar-refractivity contribution in [3.8, 4) is 34.0 Å². The Hall–Kier alpha value is -3.36. The van der Waals surface area contributed by atoms with Crippen LogP contribution in [0.15, 0.2) is 70.2 Å². The van der Waals surface area contributed by atoms with Gasteiger partial charge < -0.3 is 9.84 Å². The first-order valence-electron chi connectivity index (χ1n) is 10.7. The summed E-state index contributed by atoms with van der Waals surface area (Å²) in [5.74, 6) is 0.523. The van der Waals surface area contributed by atoms with E-state index in [4.69, 9.17) is 9.51 Å². The Labute approximate surface area is 196 Å². The molecule has 0 fully saturated rings. The zero-order valence-corrected chi connectivity index (χ0v) is 19.8. The average molecular weight is 467 g/mol. The molecule has 174 valence electrons. The van der Waals surface area contributed by atoms with Crippen molar-refractivity contribution < 1.29 is 15.8 Å². The molecule has 4 rings (SSSR count). The number of nitrogens with one attached hydrogen (secondary N) is 1. The average Bonchev–Trinajstić information content (AvgIpc) is 3.30. The standard InChI is InChI=1S/C25H26N4O3S.2H2/c1-16(2)33(30,31)21-11-9-20(10-12-21)23-15-27-17(3)25(28-23)24-13-22(29-32-24)19-7-5-18(6-8-19)14-26-4;;/h5-13,15-16,26H,14H2,1-4H3;2*1H. The third kappa shape index (κ3) is 4.72. The van der Waals surface area contributed by atoms with E-state index >= 15 is 0 Å². The number of sulfone groups is 1. The molecule has 7 nitrogen and oxygen atoms in total. The molecule has 0 aliphatic rings. The van der Waals surface area contributed by atoms with Crippen LogP contribution in [-0.2, 0) is 16.4 Å². The monoisotopic (exact) mass is 466 g/mol. The molecule has 0 aliphatic carbocycles. The number of hydrogen-bond acceptors (Lipinski definition) is 7. The highest BCUT2D eigenvalue weighted by atomic mass is 32.2. The minimum atomic E-state index is -3.33. The van der Waals surface area contributed by atoms with Gasteiger partial charge in [-0.15, -0.1) is 0 Å². The maximum Gasteiger partial charge on any atom is 0.187 e. The van der Waals surface area contributed by atoms with Gasteiger partial charge in [-0.25, -0.2) is 13.4 Å². The molecule has 0 radical (unpaired) electrons. The predicted molar refractivity (Wildman–Crippen MR) is 132 cm³/mol. The van der Waals surface area contributed by atoms with Crippen molar-refractivity contribution in [3.05, 3.63) is 72.1 Å². The molecule has 0 aliphatic heterocycles. The van der Waals surface area contributed by atoms with Gasteiger partial charge in [0.15, 0.2) is 15.6 Å². The maximum atomic E-state index is 12.4. The molecule has 0 amide bonds. The van der Waals surface area contributed by atoms with Crippen molar-refractivity contribution in [2.75, 3.05) is 7.05 Å². The molecule has 2 heterocycles. The molecule has 0 unspecified atom stereocenters. The van der Waals surface area contributed by atoms with Crippen LogP contribution in [0.5, 0.6) is 0 Å². The van der Waals surface area contributed by atoms with E-state index in [1.54, 1.807) is 44.3 Å². The highest BCUT2D eigenvalue weighted by Crippen LogP contribution is 2.29. The first kappa shape index (κ1) is 22.8. The van der Waals surface area contributed by atoms with Crippen LogP contribution in [0.3, 0.4) is 0 Å². The minimum Gasteiger partial charge on any atom is -0.354 e. The maximum absolute atomic E-state index is 12.4. The third-order valence-electron chi connectivity index (χ3n) is 5.43. The first-order chi connectivity index (χ1) is 15.8. The molecule has 33 heavy (non-hydrogen) atoms. The molecule has 2 aromatic carbocycles. The number of benzene rings is 2. The summed E-state index contributed by atoms with van der Waals surface area (Å²) in [6.45, 7) is 6.00. The van der Waals surface area contributed by atoms with E-state index < -0.39 is 15.1 Å². The lowest BCUT2D eigenvalue weighted by molar-refractivity contribution is 0.433. The Kier molecular flexibility index (Phi) is 6.40. The van der Waals surface area contributed by atoms with Gasteiger partial charge in [-0.1, -0.05) is 41.6 Å². The predicted octanol–water partition coefficient (Wildman–Crippen LogP) is 5.17. The van der Waals surface area contributed by atoms with E-state index in [0.29, 0.717) is 27.7 Å². The molecule has 0 saturated carbocycles. The smallest absolute Gasteiger partial charge is 0.187 e. The lowest BCUT2D eigenvalue weighted by Crippen LogP contribution is -2.13. The van der Waals surface area contributed by atoms with Crippen LogP contribution in [0.1, 0.15) is 28.0 Å². The molecule has 4 aromatic rings. The second-order valence-electron chi connectivity index (χ2n) is 8.11. The van der Waals surface area contributed by atoms with Crippen LogP contribution in [0.25, 0.3) is 34.0 Å². The lowest BCUT2D eigenvalue weighted by atomic mass is 10.1. The summed E-state index contributed by atoms with van der Waals surface area (Å²) in [6, 6.07) is 16.7. The topological polar surface area (TPSA) is 98.0 Å². The Morgan fingerprint density at radius 2 is 1.64 bits per heavy atom. The number of nitrogens with zero attached hydrogens (tertiary/aromatic N) is 3. The molecular formula is C25H30N4O3S. The Bertz CT molecular complexity index is 1370. The highest BCUT2D eigenvalue weighted by Gasteiger charge is 2.19. The van der Waals surface area contributed by atoms with Gasteiger partial charge in [0.2, 0.25) is 0 Å². The number of aromatic nitrogens is 3. The van der Waals surface area contributed by atoms with Crippen molar-refractivity contribution in [3.63, 3.8) is 0 Å². The van der Waals surface area contributed by atoms with Gasteiger partial charge in [0.05, 0.1) is 27.7 Å². The molecule has 2 aromatic heterocycles. The Morgan fingerprint density at radius 1 is 1.00 bits per heavy atom. The lowest BCUT2D eigenvalue weighted by Gasteiger charge is -2.09. The molecule has 8 heteroatoms. The van der Waals surface area contributed by atoms with E-state index in [1.807, 2.05) is 32.2 Å².